The first kappa shape index (κ1) is 53.2. The van der Waals surface area contributed by atoms with E-state index in [9.17, 15) is 24.3 Å². The van der Waals surface area contributed by atoms with Crippen molar-refractivity contribution >= 4 is 63.5 Å². The van der Waals surface area contributed by atoms with Gasteiger partial charge in [0, 0.05) is 46.8 Å². The van der Waals surface area contributed by atoms with Gasteiger partial charge in [0.05, 0.1) is 59.6 Å². The van der Waals surface area contributed by atoms with Crippen LogP contribution >= 0.6 is 34.3 Å². The maximum absolute atomic E-state index is 14.1. The number of β-amino-alcohol motifs (C(OH)–C–C–N with tert-alkyl or cyclic N) is 1. The Kier molecular flexibility index (Phi) is 16.7. The largest absolute Gasteiger partial charge is 0.494 e. The Balaban J connectivity index is 0.782. The van der Waals surface area contributed by atoms with Crippen LogP contribution in [0.2, 0.25) is 5.02 Å². The summed E-state index contributed by atoms with van der Waals surface area (Å²) in [7, 11) is 0. The van der Waals surface area contributed by atoms with Gasteiger partial charge in [-0.2, -0.15) is 0 Å². The molecular formula is C55H63ClN8O7S2. The molecule has 1 fully saturated rings. The highest BCUT2D eigenvalue weighted by Gasteiger charge is 2.44. The van der Waals surface area contributed by atoms with E-state index in [0.717, 1.165) is 60.5 Å². The number of aliphatic hydroxyl groups is 1. The summed E-state index contributed by atoms with van der Waals surface area (Å²) in [6, 6.07) is 20.5. The maximum atomic E-state index is 14.1. The van der Waals surface area contributed by atoms with Crippen LogP contribution in [0.3, 0.4) is 0 Å². The highest BCUT2D eigenvalue weighted by Crippen LogP contribution is 2.40. The monoisotopic (exact) mass is 1050 g/mol. The van der Waals surface area contributed by atoms with E-state index < -0.39 is 41.5 Å². The molecule has 18 heteroatoms. The predicted octanol–water partition coefficient (Wildman–Crippen LogP) is 8.98. The molecule has 2 aliphatic heterocycles. The summed E-state index contributed by atoms with van der Waals surface area (Å²) in [4.78, 5) is 67.9. The molecule has 5 atom stereocenters. The average Bonchev–Trinajstić information content (AvgIpc) is 4.13. The number of thiazole rings is 1. The second-order valence-electron chi connectivity index (χ2n) is 19.9. The van der Waals surface area contributed by atoms with Crippen LogP contribution in [-0.4, -0.2) is 104 Å². The third-order valence-electron chi connectivity index (χ3n) is 13.4. The van der Waals surface area contributed by atoms with E-state index in [0.29, 0.717) is 36.0 Å². The summed E-state index contributed by atoms with van der Waals surface area (Å²) in [5.74, 6) is 0.793. The number of carbonyl (C=O) groups excluding carboxylic acids is 4. The molecule has 384 valence electrons. The van der Waals surface area contributed by atoms with E-state index in [4.69, 9.17) is 26.1 Å². The minimum atomic E-state index is -0.949. The van der Waals surface area contributed by atoms with Gasteiger partial charge in [-0.15, -0.1) is 32.9 Å². The number of aryl methyl sites for hydroxylation is 4. The van der Waals surface area contributed by atoms with Crippen LogP contribution in [0, 0.1) is 33.1 Å². The van der Waals surface area contributed by atoms with Crippen molar-refractivity contribution in [2.45, 2.75) is 118 Å². The van der Waals surface area contributed by atoms with E-state index >= 15 is 0 Å². The summed E-state index contributed by atoms with van der Waals surface area (Å²) < 4.78 is 13.7. The van der Waals surface area contributed by atoms with Crippen molar-refractivity contribution < 1.29 is 33.8 Å². The van der Waals surface area contributed by atoms with E-state index in [-0.39, 0.29) is 56.8 Å². The number of carbonyl (C=O) groups is 4. The Hall–Kier alpha value is -6.11. The standard InChI is InChI=1S/C55H63ClN8O7S2/c1-31-34(4)73-54-48(31)49(38-15-19-40(56)20-16-38)59-43(52-62-61-35(5)64(52)54)27-46(67)58-32(2)37-17-21-42(22-18-37)71-25-9-24-70-29-47(68)60-51(55(6,7)8)53(69)63-28-41(65)26-44(63)45(66)23-12-36-10-13-39(14-11-36)50-33(3)57-30-72-50/h10-11,13-22,30,32,41,43-44,51,65H,9,12,23-29H2,1-8H3,(H,58,67)(H,60,68)/t32-,41-,43+,44+,51-/m1/s1. The molecule has 0 radical (unpaired) electrons. The molecule has 3 N–H and O–H groups in total. The number of benzene rings is 3. The van der Waals surface area contributed by atoms with Crippen LogP contribution in [0.5, 0.6) is 5.75 Å². The number of aromatic nitrogens is 4. The molecule has 0 spiro atoms. The third kappa shape index (κ3) is 12.5. The molecule has 0 saturated carbocycles. The topological polar surface area (TPSA) is 190 Å². The summed E-state index contributed by atoms with van der Waals surface area (Å²) in [5.41, 5.74) is 8.88. The molecule has 0 unspecified atom stereocenters. The number of Topliss-reactive ketones (excluding diaryl/α,β-unsaturated/α-hetero) is 1. The van der Waals surface area contributed by atoms with Crippen molar-refractivity contribution in [2.24, 2.45) is 10.4 Å². The number of hydrogen-bond donors (Lipinski definition) is 3. The minimum absolute atomic E-state index is 0.0163. The van der Waals surface area contributed by atoms with Gasteiger partial charge in [0.2, 0.25) is 17.7 Å². The van der Waals surface area contributed by atoms with E-state index in [1.54, 1.807) is 22.7 Å². The first-order valence-corrected chi connectivity index (χ1v) is 26.7. The highest BCUT2D eigenvalue weighted by atomic mass is 35.5. The van der Waals surface area contributed by atoms with Gasteiger partial charge in [0.1, 0.15) is 35.3 Å². The number of ether oxygens (including phenoxy) is 2. The number of hydrogen-bond acceptors (Lipinski definition) is 13. The molecule has 3 aromatic carbocycles. The Morgan fingerprint density at radius 3 is 2.30 bits per heavy atom. The number of thiophene rings is 1. The predicted molar refractivity (Wildman–Crippen MR) is 285 cm³/mol. The zero-order chi connectivity index (χ0) is 52.1. The van der Waals surface area contributed by atoms with E-state index in [1.807, 2.05) is 124 Å². The SMILES string of the molecule is Cc1ncsc1-c1ccc(CCC(=O)[C@@H]2C[C@@H](O)CN2C(=O)[C@@H](NC(=O)COCCCOc2ccc([C@@H](C)NC(=O)C[C@@H]3N=C(c4ccc(Cl)cc4)c4c(sc(C)c4C)-n4c(C)nnc43)cc2)C(C)(C)C)cc1. The van der Waals surface area contributed by atoms with Gasteiger partial charge in [0.15, 0.2) is 11.6 Å². The van der Waals surface area contributed by atoms with Gasteiger partial charge < -0.3 is 30.1 Å². The van der Waals surface area contributed by atoms with E-state index in [1.165, 1.54) is 9.78 Å². The molecule has 15 nitrogen and oxygen atoms in total. The number of aliphatic hydroxyl groups excluding tert-OH is 1. The van der Waals surface area contributed by atoms with Gasteiger partial charge >= 0.3 is 0 Å². The first-order valence-electron chi connectivity index (χ1n) is 24.6. The van der Waals surface area contributed by atoms with Crippen LogP contribution in [0.15, 0.2) is 83.3 Å². The maximum Gasteiger partial charge on any atom is 0.246 e. The van der Waals surface area contributed by atoms with Crippen molar-refractivity contribution in [1.82, 2.24) is 35.3 Å². The minimum Gasteiger partial charge on any atom is -0.494 e. The zero-order valence-electron chi connectivity index (χ0n) is 42.5. The van der Waals surface area contributed by atoms with Gasteiger partial charge in [-0.3, -0.25) is 28.7 Å². The van der Waals surface area contributed by atoms with Gasteiger partial charge in [0.25, 0.3) is 0 Å². The molecule has 73 heavy (non-hydrogen) atoms. The number of fused-ring (bicyclic) bond motifs is 3. The lowest BCUT2D eigenvalue weighted by molar-refractivity contribution is -0.144. The zero-order valence-corrected chi connectivity index (χ0v) is 44.9. The highest BCUT2D eigenvalue weighted by molar-refractivity contribution is 7.15. The van der Waals surface area contributed by atoms with Gasteiger partial charge in [-0.25, -0.2) is 4.98 Å². The van der Waals surface area contributed by atoms with Crippen molar-refractivity contribution in [3.63, 3.8) is 0 Å². The van der Waals surface area contributed by atoms with Crippen LogP contribution < -0.4 is 15.4 Å². The number of aliphatic imine (C=N–C) groups is 1. The molecule has 3 amide bonds. The van der Waals surface area contributed by atoms with Gasteiger partial charge in [-0.1, -0.05) is 80.9 Å². The molecule has 1 saturated heterocycles. The van der Waals surface area contributed by atoms with Crippen LogP contribution in [0.1, 0.15) is 115 Å². The number of nitrogens with zero attached hydrogens (tertiary/aromatic N) is 6. The Morgan fingerprint density at radius 1 is 0.904 bits per heavy atom. The Bertz CT molecular complexity index is 2980. The van der Waals surface area contributed by atoms with Crippen molar-refractivity contribution in [3.8, 4) is 21.2 Å². The summed E-state index contributed by atoms with van der Waals surface area (Å²) in [5, 5.41) is 27.2. The molecule has 5 heterocycles. The number of rotatable bonds is 19. The fourth-order valence-electron chi connectivity index (χ4n) is 9.28. The molecule has 0 bridgehead atoms. The van der Waals surface area contributed by atoms with Crippen molar-refractivity contribution in [3.05, 3.63) is 133 Å². The Morgan fingerprint density at radius 2 is 1.62 bits per heavy atom. The fraction of sp³-hybridized carbons (Fsp3) is 0.418. The van der Waals surface area contributed by atoms with Crippen molar-refractivity contribution in [2.75, 3.05) is 26.4 Å². The van der Waals surface area contributed by atoms with Crippen LogP contribution in [0.4, 0.5) is 0 Å². The van der Waals surface area contributed by atoms with E-state index in [2.05, 4.69) is 39.7 Å². The molecule has 2 aliphatic rings. The van der Waals surface area contributed by atoms with Crippen LogP contribution in [-0.2, 0) is 30.3 Å². The number of likely N-dealkylation sites (tertiary alicyclic amines) is 1. The lowest BCUT2D eigenvalue weighted by Crippen LogP contribution is -2.57. The smallest absolute Gasteiger partial charge is 0.246 e. The summed E-state index contributed by atoms with van der Waals surface area (Å²) in [6.45, 7) is 15.9. The number of ketones is 1. The summed E-state index contributed by atoms with van der Waals surface area (Å²) >= 11 is 9.52. The fourth-order valence-corrected chi connectivity index (χ4v) is 11.4. The second kappa shape index (κ2) is 23.0. The number of halogens is 1. The van der Waals surface area contributed by atoms with Crippen LogP contribution in [0.25, 0.3) is 15.4 Å². The number of nitrogens with one attached hydrogen (secondary N) is 2. The second-order valence-corrected chi connectivity index (χ2v) is 22.4. The first-order chi connectivity index (χ1) is 34.9. The molecule has 0 aliphatic carbocycles. The number of amides is 3. The normalized spacial score (nSPS) is 17.3. The Labute approximate surface area is 439 Å². The molecule has 6 aromatic rings. The molecule has 8 rings (SSSR count). The molecule has 3 aromatic heterocycles. The third-order valence-corrected chi connectivity index (χ3v) is 15.8. The summed E-state index contributed by atoms with van der Waals surface area (Å²) in [6.07, 6.45) is 0.584. The lowest BCUT2D eigenvalue weighted by atomic mass is 9.85. The van der Waals surface area contributed by atoms with Gasteiger partial charge in [-0.05, 0) is 93.0 Å². The average molecular weight is 1050 g/mol. The molecular weight excluding hydrogens is 984 g/mol. The van der Waals surface area contributed by atoms with Crippen molar-refractivity contribution in [1.29, 1.82) is 0 Å². The lowest BCUT2D eigenvalue weighted by Gasteiger charge is -2.35. The quantitative estimate of drug-likeness (QED) is 0.0661.